The zero-order valence-electron chi connectivity index (χ0n) is 7.83. The first-order chi connectivity index (χ1) is 6.81. The number of halogens is 1. The van der Waals surface area contributed by atoms with Crippen LogP contribution < -0.4 is 0 Å². The van der Waals surface area contributed by atoms with Gasteiger partial charge in [0.05, 0.1) is 11.8 Å². The number of benzene rings is 1. The van der Waals surface area contributed by atoms with E-state index in [9.17, 15) is 0 Å². The minimum absolute atomic E-state index is 0.686. The van der Waals surface area contributed by atoms with Crippen molar-refractivity contribution in [2.24, 2.45) is 0 Å². The number of aryl methyl sites for hydroxylation is 1. The molecule has 0 unspecified atom stereocenters. The van der Waals surface area contributed by atoms with E-state index in [-0.39, 0.29) is 0 Å². The molecule has 14 heavy (non-hydrogen) atoms. The lowest BCUT2D eigenvalue weighted by molar-refractivity contribution is 0.400. The molecule has 0 aliphatic carbocycles. The Bertz CT molecular complexity index is 436. The van der Waals surface area contributed by atoms with Crippen LogP contribution in [-0.2, 0) is 6.42 Å². The average molecular weight is 252 g/mol. The zero-order chi connectivity index (χ0) is 9.97. The second kappa shape index (κ2) is 3.96. The Hall–Kier alpha value is -1.09. The Morgan fingerprint density at radius 3 is 2.93 bits per heavy atom. The fourth-order valence-corrected chi connectivity index (χ4v) is 1.79. The SMILES string of the molecule is CCc1cccc(-c2cnoc2Br)c1. The third kappa shape index (κ3) is 1.73. The molecule has 0 aliphatic rings. The van der Waals surface area contributed by atoms with Gasteiger partial charge in [-0.25, -0.2) is 0 Å². The molecule has 3 heteroatoms. The van der Waals surface area contributed by atoms with E-state index >= 15 is 0 Å². The van der Waals surface area contributed by atoms with E-state index in [1.165, 1.54) is 5.56 Å². The Balaban J connectivity index is 2.47. The summed E-state index contributed by atoms with van der Waals surface area (Å²) in [5.41, 5.74) is 3.45. The van der Waals surface area contributed by atoms with Crippen LogP contribution in [0.15, 0.2) is 39.7 Å². The van der Waals surface area contributed by atoms with Crippen LogP contribution in [0, 0.1) is 0 Å². The van der Waals surface area contributed by atoms with Crippen LogP contribution in [0.4, 0.5) is 0 Å². The number of hydrogen-bond donors (Lipinski definition) is 0. The summed E-state index contributed by atoms with van der Waals surface area (Å²) in [4.78, 5) is 0. The van der Waals surface area contributed by atoms with E-state index in [0.717, 1.165) is 17.5 Å². The van der Waals surface area contributed by atoms with Gasteiger partial charge in [0.15, 0.2) is 0 Å². The van der Waals surface area contributed by atoms with Crippen molar-refractivity contribution in [1.82, 2.24) is 5.16 Å². The van der Waals surface area contributed by atoms with Gasteiger partial charge >= 0.3 is 0 Å². The van der Waals surface area contributed by atoms with Crippen molar-refractivity contribution in [1.29, 1.82) is 0 Å². The zero-order valence-corrected chi connectivity index (χ0v) is 9.41. The van der Waals surface area contributed by atoms with E-state index in [0.29, 0.717) is 4.67 Å². The summed E-state index contributed by atoms with van der Waals surface area (Å²) in [6, 6.07) is 8.37. The number of nitrogens with zero attached hydrogens (tertiary/aromatic N) is 1. The molecule has 72 valence electrons. The smallest absolute Gasteiger partial charge is 0.209 e. The highest BCUT2D eigenvalue weighted by Crippen LogP contribution is 2.28. The molecule has 0 aliphatic heterocycles. The maximum absolute atomic E-state index is 4.96. The van der Waals surface area contributed by atoms with Crippen molar-refractivity contribution < 1.29 is 4.52 Å². The van der Waals surface area contributed by atoms with Crippen LogP contribution in [-0.4, -0.2) is 5.16 Å². The van der Waals surface area contributed by atoms with E-state index in [2.05, 4.69) is 46.2 Å². The van der Waals surface area contributed by atoms with Gasteiger partial charge in [-0.15, -0.1) is 0 Å². The molecule has 0 saturated carbocycles. The molecule has 1 aromatic heterocycles. The number of aromatic nitrogens is 1. The lowest BCUT2D eigenvalue weighted by atomic mass is 10.1. The lowest BCUT2D eigenvalue weighted by Gasteiger charge is -2.00. The van der Waals surface area contributed by atoms with Crippen LogP contribution in [0.25, 0.3) is 11.1 Å². The molecule has 1 heterocycles. The molecule has 0 saturated heterocycles. The first-order valence-corrected chi connectivity index (χ1v) is 5.30. The van der Waals surface area contributed by atoms with Gasteiger partial charge in [-0.1, -0.05) is 36.3 Å². The summed E-state index contributed by atoms with van der Waals surface area (Å²) in [6.45, 7) is 2.14. The van der Waals surface area contributed by atoms with Gasteiger partial charge in [0, 0.05) is 0 Å². The minimum Gasteiger partial charge on any atom is -0.349 e. The van der Waals surface area contributed by atoms with Crippen LogP contribution in [0.2, 0.25) is 0 Å². The molecule has 1 aromatic carbocycles. The summed E-state index contributed by atoms with van der Waals surface area (Å²) in [7, 11) is 0. The summed E-state index contributed by atoms with van der Waals surface area (Å²) in [5, 5.41) is 3.73. The van der Waals surface area contributed by atoms with Crippen molar-refractivity contribution in [3.05, 3.63) is 40.7 Å². The van der Waals surface area contributed by atoms with Gasteiger partial charge in [-0.3, -0.25) is 0 Å². The lowest BCUT2D eigenvalue weighted by Crippen LogP contribution is -1.81. The highest BCUT2D eigenvalue weighted by Gasteiger charge is 2.06. The Labute approximate surface area is 91.1 Å². The standard InChI is InChI=1S/C11H10BrNO/c1-2-8-4-3-5-9(6-8)10-7-13-14-11(10)12/h3-7H,2H2,1H3. The fourth-order valence-electron chi connectivity index (χ4n) is 1.37. The molecular weight excluding hydrogens is 242 g/mol. The minimum atomic E-state index is 0.686. The maximum atomic E-state index is 4.96. The van der Waals surface area contributed by atoms with Gasteiger partial charge in [-0.2, -0.15) is 0 Å². The topological polar surface area (TPSA) is 26.0 Å². The van der Waals surface area contributed by atoms with Crippen molar-refractivity contribution in [3.63, 3.8) is 0 Å². The summed E-state index contributed by atoms with van der Waals surface area (Å²) in [6.07, 6.45) is 2.76. The normalized spacial score (nSPS) is 10.4. The average Bonchev–Trinajstić information content (AvgIpc) is 2.65. The molecule has 0 spiro atoms. The maximum Gasteiger partial charge on any atom is 0.209 e. The second-order valence-corrected chi connectivity index (χ2v) is 3.79. The molecule has 2 nitrogen and oxygen atoms in total. The predicted octanol–water partition coefficient (Wildman–Crippen LogP) is 3.67. The second-order valence-electron chi connectivity index (χ2n) is 3.07. The van der Waals surface area contributed by atoms with E-state index < -0.39 is 0 Å². The fraction of sp³-hybridized carbons (Fsp3) is 0.182. The monoisotopic (exact) mass is 251 g/mol. The Morgan fingerprint density at radius 2 is 2.29 bits per heavy atom. The molecule has 0 amide bonds. The van der Waals surface area contributed by atoms with Gasteiger partial charge in [-0.05, 0) is 33.5 Å². The molecule has 2 aromatic rings. The van der Waals surface area contributed by atoms with E-state index in [4.69, 9.17) is 4.52 Å². The molecule has 0 bridgehead atoms. The van der Waals surface area contributed by atoms with Crippen LogP contribution in [0.3, 0.4) is 0 Å². The summed E-state index contributed by atoms with van der Waals surface area (Å²) < 4.78 is 5.64. The van der Waals surface area contributed by atoms with Crippen molar-refractivity contribution in [2.45, 2.75) is 13.3 Å². The van der Waals surface area contributed by atoms with E-state index in [1.807, 2.05) is 6.07 Å². The van der Waals surface area contributed by atoms with Gasteiger partial charge in [0.25, 0.3) is 0 Å². The molecule has 0 fully saturated rings. The third-order valence-electron chi connectivity index (χ3n) is 2.17. The highest BCUT2D eigenvalue weighted by atomic mass is 79.9. The Kier molecular flexibility index (Phi) is 2.68. The van der Waals surface area contributed by atoms with Crippen molar-refractivity contribution in [2.75, 3.05) is 0 Å². The van der Waals surface area contributed by atoms with Crippen LogP contribution >= 0.6 is 15.9 Å². The van der Waals surface area contributed by atoms with Crippen molar-refractivity contribution in [3.8, 4) is 11.1 Å². The predicted molar refractivity (Wildman–Crippen MR) is 59.0 cm³/mol. The number of rotatable bonds is 2. The molecule has 0 atom stereocenters. The van der Waals surface area contributed by atoms with Crippen LogP contribution in [0.5, 0.6) is 0 Å². The molecular formula is C11H10BrNO. The van der Waals surface area contributed by atoms with E-state index in [1.54, 1.807) is 6.20 Å². The van der Waals surface area contributed by atoms with Gasteiger partial charge in [0.1, 0.15) is 0 Å². The number of hydrogen-bond acceptors (Lipinski definition) is 2. The third-order valence-corrected chi connectivity index (χ3v) is 2.74. The van der Waals surface area contributed by atoms with Crippen LogP contribution in [0.1, 0.15) is 12.5 Å². The first kappa shape index (κ1) is 9.46. The molecule has 0 N–H and O–H groups in total. The van der Waals surface area contributed by atoms with Gasteiger partial charge in [0.2, 0.25) is 4.67 Å². The quantitative estimate of drug-likeness (QED) is 0.815. The molecule has 2 rings (SSSR count). The summed E-state index contributed by atoms with van der Waals surface area (Å²) in [5.74, 6) is 0. The van der Waals surface area contributed by atoms with Crippen molar-refractivity contribution >= 4 is 15.9 Å². The highest BCUT2D eigenvalue weighted by molar-refractivity contribution is 9.10. The molecule has 0 radical (unpaired) electrons. The Morgan fingerprint density at radius 1 is 1.43 bits per heavy atom. The largest absolute Gasteiger partial charge is 0.349 e. The van der Waals surface area contributed by atoms with Gasteiger partial charge < -0.3 is 4.52 Å². The summed E-state index contributed by atoms with van der Waals surface area (Å²) >= 11 is 3.32. The first-order valence-electron chi connectivity index (χ1n) is 4.50.